The van der Waals surface area contributed by atoms with Crippen molar-refractivity contribution in [3.8, 4) is 0 Å². The summed E-state index contributed by atoms with van der Waals surface area (Å²) in [5, 5.41) is 15.3. The van der Waals surface area contributed by atoms with Gasteiger partial charge in [-0.3, -0.25) is 14.6 Å². The molecule has 1 atom stereocenters. The molecule has 1 N–H and O–H groups in total. The lowest BCUT2D eigenvalue weighted by Crippen LogP contribution is -2.32. The van der Waals surface area contributed by atoms with E-state index in [9.17, 15) is 14.7 Å². The smallest absolute Gasteiger partial charge is 0.168 e. The second-order valence-electron chi connectivity index (χ2n) is 10.7. The summed E-state index contributed by atoms with van der Waals surface area (Å²) in [4.78, 5) is 30.9. The number of nitrogens with zero attached hydrogens (tertiary/aromatic N) is 2. The molecule has 2 aliphatic carbocycles. The molecule has 5 rings (SSSR count). The fourth-order valence-corrected chi connectivity index (χ4v) is 5.58. The number of fused-ring (bicyclic) bond motifs is 1. The molecule has 0 radical (unpaired) electrons. The highest BCUT2D eigenvalue weighted by atomic mass is 79.9. The molecule has 1 unspecified atom stereocenters. The lowest BCUT2D eigenvalue weighted by Gasteiger charge is -2.31. The minimum Gasteiger partial charge on any atom is -0.511 e. The Hall–Kier alpha value is -3.32. The molecule has 190 valence electrons. The molecular weight excluding hydrogens is 532 g/mol. The zero-order valence-corrected chi connectivity index (χ0v) is 22.5. The SMILES string of the molecule is CC1(C)CC(=O)/C(=C(/O)CCc2noc3c2C(=O)CC(c2ccccc2)C3)C(=Nc2ccc(Br)cc2)C1. The predicted molar refractivity (Wildman–Crippen MR) is 146 cm³/mol. The van der Waals surface area contributed by atoms with Crippen molar-refractivity contribution in [1.82, 2.24) is 5.16 Å². The number of aryl methyl sites for hydroxylation is 1. The van der Waals surface area contributed by atoms with Crippen molar-refractivity contribution >= 4 is 38.9 Å². The minimum atomic E-state index is -0.248. The Morgan fingerprint density at radius 2 is 1.78 bits per heavy atom. The number of Topliss-reactive ketones (excluding diaryl/α,β-unsaturated/α-hetero) is 2. The molecule has 7 heteroatoms. The van der Waals surface area contributed by atoms with Crippen LogP contribution in [0.2, 0.25) is 0 Å². The molecule has 0 saturated heterocycles. The second-order valence-corrected chi connectivity index (χ2v) is 11.6. The summed E-state index contributed by atoms with van der Waals surface area (Å²) in [5.41, 5.74) is 3.52. The van der Waals surface area contributed by atoms with Gasteiger partial charge in [-0.1, -0.05) is 65.3 Å². The monoisotopic (exact) mass is 560 g/mol. The largest absolute Gasteiger partial charge is 0.511 e. The van der Waals surface area contributed by atoms with E-state index in [1.165, 1.54) is 0 Å². The van der Waals surface area contributed by atoms with E-state index < -0.39 is 0 Å². The summed E-state index contributed by atoms with van der Waals surface area (Å²) in [6.07, 6.45) is 2.41. The van der Waals surface area contributed by atoms with E-state index in [0.29, 0.717) is 54.8 Å². The highest BCUT2D eigenvalue weighted by Gasteiger charge is 2.37. The summed E-state index contributed by atoms with van der Waals surface area (Å²) in [6.45, 7) is 4.07. The van der Waals surface area contributed by atoms with Gasteiger partial charge in [0.05, 0.1) is 28.2 Å². The summed E-state index contributed by atoms with van der Waals surface area (Å²) in [7, 11) is 0. The molecule has 2 aromatic carbocycles. The van der Waals surface area contributed by atoms with Gasteiger partial charge in [-0.05, 0) is 47.6 Å². The topological polar surface area (TPSA) is 92.8 Å². The summed E-state index contributed by atoms with van der Waals surface area (Å²) in [6, 6.07) is 17.5. The first-order valence-corrected chi connectivity index (χ1v) is 13.3. The molecule has 1 heterocycles. The average Bonchev–Trinajstić information content (AvgIpc) is 3.27. The summed E-state index contributed by atoms with van der Waals surface area (Å²) >= 11 is 3.43. The Kier molecular flexibility index (Phi) is 6.99. The van der Waals surface area contributed by atoms with E-state index in [-0.39, 0.29) is 40.7 Å². The Balaban J connectivity index is 1.39. The van der Waals surface area contributed by atoms with Crippen molar-refractivity contribution in [2.24, 2.45) is 10.4 Å². The molecule has 0 spiro atoms. The first-order chi connectivity index (χ1) is 17.7. The predicted octanol–water partition coefficient (Wildman–Crippen LogP) is 7.26. The molecule has 1 aromatic heterocycles. The van der Waals surface area contributed by atoms with Gasteiger partial charge in [0.25, 0.3) is 0 Å². The normalized spacial score (nSPS) is 21.7. The number of aromatic nitrogens is 1. The van der Waals surface area contributed by atoms with Gasteiger partial charge in [0.1, 0.15) is 11.5 Å². The molecule has 6 nitrogen and oxygen atoms in total. The van der Waals surface area contributed by atoms with E-state index in [1.807, 2.05) is 68.4 Å². The Morgan fingerprint density at radius 1 is 1.05 bits per heavy atom. The zero-order chi connectivity index (χ0) is 26.2. The highest BCUT2D eigenvalue weighted by molar-refractivity contribution is 9.10. The van der Waals surface area contributed by atoms with E-state index in [0.717, 1.165) is 15.7 Å². The molecule has 0 aliphatic heterocycles. The van der Waals surface area contributed by atoms with E-state index in [1.54, 1.807) is 0 Å². The number of carbonyl (C=O) groups excluding carboxylic acids is 2. The number of benzene rings is 2. The lowest BCUT2D eigenvalue weighted by molar-refractivity contribution is -0.117. The van der Waals surface area contributed by atoms with Gasteiger partial charge < -0.3 is 9.63 Å². The number of halogens is 1. The third-order valence-electron chi connectivity index (χ3n) is 7.08. The van der Waals surface area contributed by atoms with Gasteiger partial charge >= 0.3 is 0 Å². The fraction of sp³-hybridized carbons (Fsp3) is 0.333. The first-order valence-electron chi connectivity index (χ1n) is 12.5. The standard InChI is InChI=1S/C30H29BrN2O4/c1-30(2)16-23(32-21-10-8-20(31)9-11-21)28(26(36)17-30)24(34)13-12-22-29-25(35)14-19(15-27(29)37-33-22)18-6-4-3-5-7-18/h3-11,19,34H,12-17H2,1-2H3/b28-24+,32-23?. The third-order valence-corrected chi connectivity index (χ3v) is 7.61. The number of rotatable bonds is 5. The molecule has 1 fully saturated rings. The molecular formula is C30H29BrN2O4. The molecule has 37 heavy (non-hydrogen) atoms. The molecule has 0 amide bonds. The van der Waals surface area contributed by atoms with E-state index in [2.05, 4.69) is 21.1 Å². The maximum absolute atomic E-state index is 13.1. The van der Waals surface area contributed by atoms with Crippen molar-refractivity contribution < 1.29 is 19.2 Å². The number of allylic oxidation sites excluding steroid dienone is 2. The lowest BCUT2D eigenvalue weighted by atomic mass is 9.73. The number of hydrogen-bond donors (Lipinski definition) is 1. The van der Waals surface area contributed by atoms with Crippen molar-refractivity contribution in [3.63, 3.8) is 0 Å². The van der Waals surface area contributed by atoms with Crippen LogP contribution in [0.5, 0.6) is 0 Å². The van der Waals surface area contributed by atoms with Crippen LogP contribution < -0.4 is 0 Å². The highest BCUT2D eigenvalue weighted by Crippen LogP contribution is 2.38. The van der Waals surface area contributed by atoms with Crippen molar-refractivity contribution in [3.05, 3.63) is 93.0 Å². The number of aliphatic imine (C=N–C) groups is 1. The maximum Gasteiger partial charge on any atom is 0.168 e. The van der Waals surface area contributed by atoms with Gasteiger partial charge in [0, 0.05) is 36.6 Å². The van der Waals surface area contributed by atoms with Crippen LogP contribution >= 0.6 is 15.9 Å². The van der Waals surface area contributed by atoms with Crippen molar-refractivity contribution in [2.45, 2.75) is 58.3 Å². The van der Waals surface area contributed by atoms with Gasteiger partial charge in [-0.25, -0.2) is 0 Å². The van der Waals surface area contributed by atoms with Crippen LogP contribution in [0.25, 0.3) is 0 Å². The van der Waals surface area contributed by atoms with Gasteiger partial charge in [-0.15, -0.1) is 0 Å². The Bertz CT molecular complexity index is 1400. The van der Waals surface area contributed by atoms with Gasteiger partial charge in [0.15, 0.2) is 11.6 Å². The molecule has 2 aliphatic rings. The van der Waals surface area contributed by atoms with Crippen LogP contribution in [0.4, 0.5) is 5.69 Å². The molecule has 0 bridgehead atoms. The second kappa shape index (κ2) is 10.2. The average molecular weight is 561 g/mol. The maximum atomic E-state index is 13.1. The van der Waals surface area contributed by atoms with Crippen LogP contribution in [0.1, 0.15) is 72.8 Å². The summed E-state index contributed by atoms with van der Waals surface area (Å²) in [5.74, 6) is 0.539. The van der Waals surface area contributed by atoms with Gasteiger partial charge in [-0.2, -0.15) is 0 Å². The molecule has 1 saturated carbocycles. The number of carbonyl (C=O) groups is 2. The Labute approximate surface area is 224 Å². The van der Waals surface area contributed by atoms with Crippen LogP contribution in [-0.4, -0.2) is 27.5 Å². The number of hydrogen-bond acceptors (Lipinski definition) is 6. The fourth-order valence-electron chi connectivity index (χ4n) is 5.32. The van der Waals surface area contributed by atoms with Crippen molar-refractivity contribution in [1.29, 1.82) is 0 Å². The van der Waals surface area contributed by atoms with Crippen LogP contribution in [-0.2, 0) is 17.6 Å². The summed E-state index contributed by atoms with van der Waals surface area (Å²) < 4.78 is 6.52. The zero-order valence-electron chi connectivity index (χ0n) is 21.0. The van der Waals surface area contributed by atoms with Gasteiger partial charge in [0.2, 0.25) is 0 Å². The van der Waals surface area contributed by atoms with Crippen LogP contribution in [0, 0.1) is 5.41 Å². The van der Waals surface area contributed by atoms with Crippen LogP contribution in [0.3, 0.4) is 0 Å². The van der Waals surface area contributed by atoms with Crippen LogP contribution in [0.15, 0.2) is 79.9 Å². The van der Waals surface area contributed by atoms with Crippen molar-refractivity contribution in [2.75, 3.05) is 0 Å². The number of aliphatic hydroxyl groups excluding tert-OH is 1. The first kappa shape index (κ1) is 25.3. The quantitative estimate of drug-likeness (QED) is 0.262. The Morgan fingerprint density at radius 3 is 2.51 bits per heavy atom. The number of ketones is 2. The third kappa shape index (κ3) is 5.52. The van der Waals surface area contributed by atoms with E-state index in [4.69, 9.17) is 9.52 Å². The molecule has 3 aromatic rings. The van der Waals surface area contributed by atoms with E-state index >= 15 is 0 Å². The number of aliphatic hydroxyl groups is 1. The minimum absolute atomic E-state index is 0.00600.